The van der Waals surface area contributed by atoms with Crippen LogP contribution in [0.3, 0.4) is 0 Å². The monoisotopic (exact) mass is 231 g/mol. The van der Waals surface area contributed by atoms with Gasteiger partial charge in [0.15, 0.2) is 0 Å². The van der Waals surface area contributed by atoms with Crippen molar-refractivity contribution < 1.29 is 9.13 Å². The summed E-state index contributed by atoms with van der Waals surface area (Å²) in [6.45, 7) is 0.232. The highest BCUT2D eigenvalue weighted by molar-refractivity contribution is 5.25. The summed E-state index contributed by atoms with van der Waals surface area (Å²) in [6, 6.07) is 15.8. The van der Waals surface area contributed by atoms with Crippen LogP contribution in [0.1, 0.15) is 11.7 Å². The maximum atomic E-state index is 13.6. The van der Waals surface area contributed by atoms with E-state index < -0.39 is 6.10 Å². The third kappa shape index (κ3) is 2.82. The van der Waals surface area contributed by atoms with Gasteiger partial charge in [0.1, 0.15) is 17.7 Å². The molecule has 1 unspecified atom stereocenters. The molecule has 2 rings (SSSR count). The lowest BCUT2D eigenvalue weighted by Gasteiger charge is -2.18. The van der Waals surface area contributed by atoms with E-state index >= 15 is 0 Å². The number of rotatable bonds is 4. The quantitative estimate of drug-likeness (QED) is 0.878. The van der Waals surface area contributed by atoms with E-state index in [1.807, 2.05) is 30.3 Å². The Balaban J connectivity index is 2.21. The topological polar surface area (TPSA) is 35.2 Å². The second-order valence-corrected chi connectivity index (χ2v) is 3.68. The molecule has 0 saturated carbocycles. The van der Waals surface area contributed by atoms with E-state index in [2.05, 4.69) is 0 Å². The Kier molecular flexibility index (Phi) is 3.73. The van der Waals surface area contributed by atoms with E-state index in [1.165, 1.54) is 6.07 Å². The Labute approximate surface area is 99.8 Å². The van der Waals surface area contributed by atoms with E-state index in [1.54, 1.807) is 18.2 Å². The average Bonchev–Trinajstić information content (AvgIpc) is 2.38. The number of nitrogens with two attached hydrogens (primary N) is 1. The Morgan fingerprint density at radius 3 is 2.29 bits per heavy atom. The summed E-state index contributed by atoms with van der Waals surface area (Å²) in [6.07, 6.45) is -0.460. The second-order valence-electron chi connectivity index (χ2n) is 3.68. The minimum Gasteiger partial charge on any atom is -0.484 e. The molecule has 0 aliphatic heterocycles. The highest BCUT2D eigenvalue weighted by Crippen LogP contribution is 2.22. The molecule has 0 bridgehead atoms. The van der Waals surface area contributed by atoms with Crippen molar-refractivity contribution in [3.63, 3.8) is 0 Å². The first-order valence-electron chi connectivity index (χ1n) is 5.47. The van der Waals surface area contributed by atoms with Crippen LogP contribution in [0.25, 0.3) is 0 Å². The molecule has 0 aliphatic rings. The Hall–Kier alpha value is -1.87. The zero-order chi connectivity index (χ0) is 12.1. The predicted octanol–water partition coefficient (Wildman–Crippen LogP) is 2.90. The van der Waals surface area contributed by atoms with Crippen LogP contribution in [0.5, 0.6) is 5.75 Å². The smallest absolute Gasteiger partial charge is 0.139 e. The first-order chi connectivity index (χ1) is 8.31. The van der Waals surface area contributed by atoms with E-state index in [0.29, 0.717) is 11.3 Å². The minimum atomic E-state index is -0.460. The molecule has 0 aliphatic carbocycles. The van der Waals surface area contributed by atoms with E-state index in [-0.39, 0.29) is 12.4 Å². The van der Waals surface area contributed by atoms with Crippen LogP contribution in [0.4, 0.5) is 4.39 Å². The minimum absolute atomic E-state index is 0.232. The molecule has 88 valence electrons. The molecule has 3 heteroatoms. The van der Waals surface area contributed by atoms with Crippen LogP contribution in [-0.2, 0) is 0 Å². The lowest BCUT2D eigenvalue weighted by molar-refractivity contribution is 0.209. The van der Waals surface area contributed by atoms with Crippen LogP contribution in [0, 0.1) is 5.82 Å². The van der Waals surface area contributed by atoms with Crippen LogP contribution in [0.15, 0.2) is 54.6 Å². The molecule has 0 radical (unpaired) electrons. The van der Waals surface area contributed by atoms with E-state index in [4.69, 9.17) is 10.5 Å². The van der Waals surface area contributed by atoms with Gasteiger partial charge in [-0.25, -0.2) is 4.39 Å². The summed E-state index contributed by atoms with van der Waals surface area (Å²) in [5.41, 5.74) is 6.11. The molecule has 0 fully saturated rings. The van der Waals surface area contributed by atoms with Gasteiger partial charge in [-0.1, -0.05) is 36.4 Å². The van der Waals surface area contributed by atoms with Crippen molar-refractivity contribution in [1.29, 1.82) is 0 Å². The number of halogens is 1. The van der Waals surface area contributed by atoms with Gasteiger partial charge in [0.05, 0.1) is 0 Å². The zero-order valence-electron chi connectivity index (χ0n) is 9.34. The molecule has 0 spiro atoms. The molecule has 2 aromatic carbocycles. The Morgan fingerprint density at radius 1 is 1.00 bits per heavy atom. The first kappa shape index (κ1) is 11.6. The first-order valence-corrected chi connectivity index (χ1v) is 5.47. The van der Waals surface area contributed by atoms with E-state index in [0.717, 1.165) is 0 Å². The maximum absolute atomic E-state index is 13.6. The summed E-state index contributed by atoms with van der Waals surface area (Å²) in [5, 5.41) is 0. The Morgan fingerprint density at radius 2 is 1.65 bits per heavy atom. The summed E-state index contributed by atoms with van der Waals surface area (Å²) in [4.78, 5) is 0. The van der Waals surface area contributed by atoms with Gasteiger partial charge in [-0.05, 0) is 18.2 Å². The van der Waals surface area contributed by atoms with Gasteiger partial charge >= 0.3 is 0 Å². The fourth-order valence-corrected chi connectivity index (χ4v) is 1.64. The standard InChI is InChI=1S/C14H14FNO/c15-13-9-5-4-8-12(13)14(10-16)17-11-6-2-1-3-7-11/h1-9,14H,10,16H2. The fraction of sp³-hybridized carbons (Fsp3) is 0.143. The summed E-state index contributed by atoms with van der Waals surface area (Å²) < 4.78 is 19.3. The van der Waals surface area contributed by atoms with Gasteiger partial charge in [0.2, 0.25) is 0 Å². The molecular formula is C14H14FNO. The van der Waals surface area contributed by atoms with Crippen molar-refractivity contribution in [2.24, 2.45) is 5.73 Å². The molecule has 1 atom stereocenters. The molecule has 17 heavy (non-hydrogen) atoms. The number of benzene rings is 2. The molecular weight excluding hydrogens is 217 g/mol. The molecule has 0 heterocycles. The van der Waals surface area contributed by atoms with Crippen LogP contribution in [0.2, 0.25) is 0 Å². The third-order valence-corrected chi connectivity index (χ3v) is 2.49. The fourth-order valence-electron chi connectivity index (χ4n) is 1.64. The van der Waals surface area contributed by atoms with Crippen molar-refractivity contribution in [2.45, 2.75) is 6.10 Å². The molecule has 2 nitrogen and oxygen atoms in total. The van der Waals surface area contributed by atoms with Crippen molar-refractivity contribution in [3.8, 4) is 5.75 Å². The van der Waals surface area contributed by atoms with E-state index in [9.17, 15) is 4.39 Å². The number of ether oxygens (including phenoxy) is 1. The SMILES string of the molecule is NCC(Oc1ccccc1)c1ccccc1F. The summed E-state index contributed by atoms with van der Waals surface area (Å²) in [7, 11) is 0. The van der Waals surface area contributed by atoms with Gasteiger partial charge < -0.3 is 10.5 Å². The van der Waals surface area contributed by atoms with Crippen molar-refractivity contribution in [1.82, 2.24) is 0 Å². The maximum Gasteiger partial charge on any atom is 0.139 e. The summed E-state index contributed by atoms with van der Waals surface area (Å²) >= 11 is 0. The van der Waals surface area contributed by atoms with Gasteiger partial charge in [-0.3, -0.25) is 0 Å². The number of hydrogen-bond acceptors (Lipinski definition) is 2. The molecule has 0 aromatic heterocycles. The lowest BCUT2D eigenvalue weighted by atomic mass is 10.1. The number of para-hydroxylation sites is 1. The van der Waals surface area contributed by atoms with Gasteiger partial charge in [0, 0.05) is 12.1 Å². The van der Waals surface area contributed by atoms with Gasteiger partial charge in [-0.2, -0.15) is 0 Å². The van der Waals surface area contributed by atoms with Crippen molar-refractivity contribution in [2.75, 3.05) is 6.54 Å². The second kappa shape index (κ2) is 5.46. The zero-order valence-corrected chi connectivity index (χ0v) is 9.34. The average molecular weight is 231 g/mol. The van der Waals surface area contributed by atoms with Gasteiger partial charge in [-0.15, -0.1) is 0 Å². The predicted molar refractivity (Wildman–Crippen MR) is 65.3 cm³/mol. The highest BCUT2D eigenvalue weighted by atomic mass is 19.1. The number of hydrogen-bond donors (Lipinski definition) is 1. The molecule has 0 amide bonds. The molecule has 2 aromatic rings. The molecule has 2 N–H and O–H groups in total. The van der Waals surface area contributed by atoms with Crippen molar-refractivity contribution >= 4 is 0 Å². The van der Waals surface area contributed by atoms with Gasteiger partial charge in [0.25, 0.3) is 0 Å². The Bertz CT molecular complexity index is 473. The normalized spacial score (nSPS) is 12.1. The van der Waals surface area contributed by atoms with Crippen LogP contribution >= 0.6 is 0 Å². The lowest BCUT2D eigenvalue weighted by Crippen LogP contribution is -2.19. The van der Waals surface area contributed by atoms with Crippen LogP contribution in [-0.4, -0.2) is 6.54 Å². The van der Waals surface area contributed by atoms with Crippen LogP contribution < -0.4 is 10.5 Å². The largest absolute Gasteiger partial charge is 0.484 e. The highest BCUT2D eigenvalue weighted by Gasteiger charge is 2.15. The third-order valence-electron chi connectivity index (χ3n) is 2.49. The summed E-state index contributed by atoms with van der Waals surface area (Å²) in [5.74, 6) is 0.394. The van der Waals surface area contributed by atoms with Crippen molar-refractivity contribution in [3.05, 3.63) is 66.0 Å². The molecule has 0 saturated heterocycles.